The molecule has 0 aromatic heterocycles. The molecule has 1 fully saturated rings. The number of ether oxygens (including phenoxy) is 1. The van der Waals surface area contributed by atoms with Crippen molar-refractivity contribution < 1.29 is 27.1 Å². The fraction of sp³-hybridized carbons (Fsp3) is 0.462. The lowest BCUT2D eigenvalue weighted by Gasteiger charge is -2.30. The summed E-state index contributed by atoms with van der Waals surface area (Å²) in [5, 5.41) is 6.25. The third kappa shape index (κ3) is 7.76. The van der Waals surface area contributed by atoms with Gasteiger partial charge in [0.15, 0.2) is 9.84 Å². The number of morpholine rings is 1. The van der Waals surface area contributed by atoms with Crippen molar-refractivity contribution in [3.8, 4) is 0 Å². The van der Waals surface area contributed by atoms with E-state index in [1.807, 2.05) is 13.8 Å². The van der Waals surface area contributed by atoms with Crippen LogP contribution in [0.2, 0.25) is 0 Å². The predicted molar refractivity (Wildman–Crippen MR) is 136 cm³/mol. The Bertz CT molecular complexity index is 1150. The van der Waals surface area contributed by atoms with Crippen LogP contribution in [-0.2, 0) is 24.2 Å². The summed E-state index contributed by atoms with van der Waals surface area (Å²) in [5.74, 6) is -1.63. The summed E-state index contributed by atoms with van der Waals surface area (Å²) in [6.07, 6.45) is 1.11. The summed E-state index contributed by atoms with van der Waals surface area (Å²) in [7, 11) is -3.35. The number of carbonyl (C=O) groups excluding carboxylic acids is 2. The van der Waals surface area contributed by atoms with Gasteiger partial charge in [-0.2, -0.15) is 0 Å². The molecule has 2 atom stereocenters. The van der Waals surface area contributed by atoms with Crippen molar-refractivity contribution in [2.45, 2.75) is 37.1 Å². The van der Waals surface area contributed by atoms with Crippen molar-refractivity contribution in [2.24, 2.45) is 5.92 Å². The zero-order chi connectivity index (χ0) is 26.3. The van der Waals surface area contributed by atoms with E-state index in [0.717, 1.165) is 6.26 Å². The normalized spacial score (nSPS) is 15.9. The van der Waals surface area contributed by atoms with Crippen molar-refractivity contribution in [1.29, 1.82) is 0 Å². The van der Waals surface area contributed by atoms with Crippen molar-refractivity contribution in [1.82, 2.24) is 10.2 Å². The lowest BCUT2D eigenvalue weighted by molar-refractivity contribution is -0.138. The van der Waals surface area contributed by atoms with Crippen LogP contribution in [0.15, 0.2) is 53.4 Å². The maximum atomic E-state index is 13.5. The van der Waals surface area contributed by atoms with Gasteiger partial charge in [0.05, 0.1) is 24.0 Å². The Morgan fingerprint density at radius 2 is 1.75 bits per heavy atom. The number of hydrogen-bond donors (Lipinski definition) is 2. The average Bonchev–Trinajstić information content (AvgIpc) is 2.85. The van der Waals surface area contributed by atoms with Crippen LogP contribution in [0, 0.1) is 11.7 Å². The van der Waals surface area contributed by atoms with Crippen molar-refractivity contribution in [3.63, 3.8) is 0 Å². The fourth-order valence-corrected chi connectivity index (χ4v) is 4.64. The van der Waals surface area contributed by atoms with E-state index in [4.69, 9.17) is 4.74 Å². The van der Waals surface area contributed by atoms with Crippen LogP contribution >= 0.6 is 0 Å². The van der Waals surface area contributed by atoms with E-state index in [9.17, 15) is 22.4 Å². The number of nitrogens with one attached hydrogen (secondary N) is 2. The molecule has 8 nitrogen and oxygen atoms in total. The van der Waals surface area contributed by atoms with Gasteiger partial charge in [0.1, 0.15) is 5.82 Å². The monoisotopic (exact) mass is 519 g/mol. The Kier molecular flexibility index (Phi) is 9.44. The number of benzene rings is 2. The number of hydrogen-bond acceptors (Lipinski definition) is 6. The largest absolute Gasteiger partial charge is 0.383 e. The number of amides is 2. The van der Waals surface area contributed by atoms with Gasteiger partial charge in [-0.25, -0.2) is 12.8 Å². The molecule has 2 aromatic rings. The maximum absolute atomic E-state index is 13.5. The molecule has 2 amide bonds. The first-order chi connectivity index (χ1) is 17.0. The van der Waals surface area contributed by atoms with Gasteiger partial charge in [0.25, 0.3) is 0 Å². The second kappa shape index (κ2) is 12.3. The lowest BCUT2D eigenvalue weighted by Crippen LogP contribution is -2.47. The first-order valence-corrected chi connectivity index (χ1v) is 13.9. The Hall–Kier alpha value is -2.98. The van der Waals surface area contributed by atoms with Crippen molar-refractivity contribution in [3.05, 3.63) is 59.9 Å². The van der Waals surface area contributed by atoms with E-state index in [0.29, 0.717) is 44.1 Å². The Labute approximate surface area is 212 Å². The highest BCUT2D eigenvalue weighted by Gasteiger charge is 2.29. The molecule has 36 heavy (non-hydrogen) atoms. The molecule has 10 heteroatoms. The zero-order valence-corrected chi connectivity index (χ0v) is 21.7. The van der Waals surface area contributed by atoms with Crippen LogP contribution in [0.25, 0.3) is 0 Å². The van der Waals surface area contributed by atoms with Gasteiger partial charge in [0, 0.05) is 44.0 Å². The van der Waals surface area contributed by atoms with Crippen molar-refractivity contribution in [2.75, 3.05) is 44.4 Å². The molecular formula is C26H34FN3O5S. The molecule has 0 saturated carbocycles. The molecule has 2 aromatic carbocycles. The minimum atomic E-state index is -3.35. The first kappa shape index (κ1) is 27.6. The van der Waals surface area contributed by atoms with Gasteiger partial charge in [0.2, 0.25) is 11.8 Å². The van der Waals surface area contributed by atoms with Crippen LogP contribution in [0.5, 0.6) is 0 Å². The average molecular weight is 520 g/mol. The molecule has 3 rings (SSSR count). The van der Waals surface area contributed by atoms with Gasteiger partial charge in [-0.3, -0.25) is 9.59 Å². The molecule has 1 aliphatic rings. The Morgan fingerprint density at radius 3 is 2.36 bits per heavy atom. The maximum Gasteiger partial charge on any atom is 0.228 e. The van der Waals surface area contributed by atoms with E-state index in [-0.39, 0.29) is 35.1 Å². The molecule has 196 valence electrons. The second-order valence-electron chi connectivity index (χ2n) is 9.34. The molecule has 0 unspecified atom stereocenters. The van der Waals surface area contributed by atoms with E-state index in [1.165, 1.54) is 30.3 Å². The standard InChI is InChI=1S/C26H34FN3O5S/c1-18(2)24(17-28-21-5-4-6-22(15-21)36(3,33)34)29-26(32)23(19-7-9-20(27)10-8-19)16-25(31)30-11-13-35-14-12-30/h4-10,15,18,23-24,28H,11-14,16-17H2,1-3H3,(H,29,32)/t23-,24+/m0/s1. The highest BCUT2D eigenvalue weighted by Crippen LogP contribution is 2.23. The topological polar surface area (TPSA) is 105 Å². The van der Waals surface area contributed by atoms with E-state index in [2.05, 4.69) is 10.6 Å². The van der Waals surface area contributed by atoms with Gasteiger partial charge in [-0.05, 0) is 41.8 Å². The van der Waals surface area contributed by atoms with Gasteiger partial charge < -0.3 is 20.3 Å². The molecular weight excluding hydrogens is 485 g/mol. The van der Waals surface area contributed by atoms with E-state index in [1.54, 1.807) is 23.1 Å². The number of anilines is 1. The van der Waals surface area contributed by atoms with E-state index < -0.39 is 21.6 Å². The molecule has 0 radical (unpaired) electrons. The summed E-state index contributed by atoms with van der Waals surface area (Å²) in [4.78, 5) is 28.3. The van der Waals surface area contributed by atoms with Crippen LogP contribution in [0.1, 0.15) is 31.7 Å². The second-order valence-corrected chi connectivity index (χ2v) is 11.4. The highest BCUT2D eigenvalue weighted by molar-refractivity contribution is 7.90. The number of carbonyl (C=O) groups is 2. The van der Waals surface area contributed by atoms with Crippen LogP contribution < -0.4 is 10.6 Å². The molecule has 0 bridgehead atoms. The number of nitrogens with zero attached hydrogens (tertiary/aromatic N) is 1. The van der Waals surface area contributed by atoms with Crippen LogP contribution in [0.3, 0.4) is 0 Å². The predicted octanol–water partition coefficient (Wildman–Crippen LogP) is 2.81. The summed E-state index contributed by atoms with van der Waals surface area (Å²) in [6, 6.07) is 11.8. The fourth-order valence-electron chi connectivity index (χ4n) is 3.97. The van der Waals surface area contributed by atoms with Gasteiger partial charge in [-0.1, -0.05) is 32.0 Å². The van der Waals surface area contributed by atoms with Gasteiger partial charge in [-0.15, -0.1) is 0 Å². The number of sulfone groups is 1. The summed E-state index contributed by atoms with van der Waals surface area (Å²) >= 11 is 0. The SMILES string of the molecule is CC(C)[C@@H](CNc1cccc(S(C)(=O)=O)c1)NC(=O)[C@@H](CC(=O)N1CCOCC1)c1ccc(F)cc1. The first-order valence-electron chi connectivity index (χ1n) is 12.0. The summed E-state index contributed by atoms with van der Waals surface area (Å²) < 4.78 is 42.6. The molecule has 0 spiro atoms. The minimum Gasteiger partial charge on any atom is -0.383 e. The minimum absolute atomic E-state index is 0.0356. The zero-order valence-electron chi connectivity index (χ0n) is 20.9. The third-order valence-corrected chi connectivity index (χ3v) is 7.36. The molecule has 1 saturated heterocycles. The van der Waals surface area contributed by atoms with E-state index >= 15 is 0 Å². The molecule has 1 aliphatic heterocycles. The number of rotatable bonds is 10. The van der Waals surface area contributed by atoms with Crippen molar-refractivity contribution >= 4 is 27.3 Å². The number of halogens is 1. The van der Waals surface area contributed by atoms with Crippen LogP contribution in [0.4, 0.5) is 10.1 Å². The lowest BCUT2D eigenvalue weighted by atomic mass is 9.92. The highest BCUT2D eigenvalue weighted by atomic mass is 32.2. The molecule has 0 aliphatic carbocycles. The quantitative estimate of drug-likeness (QED) is 0.500. The van der Waals surface area contributed by atoms with Crippen LogP contribution in [-0.4, -0.2) is 70.3 Å². The molecule has 1 heterocycles. The Balaban J connectivity index is 1.74. The summed E-state index contributed by atoms with van der Waals surface area (Å²) in [5.41, 5.74) is 1.18. The third-order valence-electron chi connectivity index (χ3n) is 6.25. The summed E-state index contributed by atoms with van der Waals surface area (Å²) in [6.45, 7) is 6.14. The molecule has 2 N–H and O–H groups in total. The Morgan fingerprint density at radius 1 is 1.08 bits per heavy atom. The smallest absolute Gasteiger partial charge is 0.228 e. The van der Waals surface area contributed by atoms with Gasteiger partial charge >= 0.3 is 0 Å².